The molecule has 6 aliphatic rings. The number of fused-ring (bicyclic) bond motifs is 6. The van der Waals surface area contributed by atoms with Gasteiger partial charge in [-0.15, -0.1) is 0 Å². The number of Topliss-reactive ketones (excluding diaryl/α,β-unsaturated/α-hetero) is 2. The number of aryl methyl sites for hydroxylation is 1. The molecule has 9 heteroatoms. The van der Waals surface area contributed by atoms with Gasteiger partial charge in [-0.3, -0.25) is 19.2 Å². The fourth-order valence-corrected chi connectivity index (χ4v) is 10.8. The molecule has 69 heavy (non-hydrogen) atoms. The van der Waals surface area contributed by atoms with Crippen LogP contribution < -0.4 is 24.0 Å². The van der Waals surface area contributed by atoms with Crippen LogP contribution in [0.2, 0.25) is 0 Å². The van der Waals surface area contributed by atoms with Gasteiger partial charge in [0, 0.05) is 23.1 Å². The maximum absolute atomic E-state index is 13.3. The minimum Gasteiger partial charge on any atom is -0.872 e. The van der Waals surface area contributed by atoms with E-state index in [1.165, 1.54) is 53.2 Å². The number of hydrogen-bond acceptors (Lipinski definition) is 7. The van der Waals surface area contributed by atoms with Gasteiger partial charge in [-0.25, -0.2) is 0 Å². The predicted octanol–water partition coefficient (Wildman–Crippen LogP) is 7.95. The minimum absolute atomic E-state index is 0. The van der Waals surface area contributed by atoms with E-state index in [2.05, 4.69) is 93.5 Å². The minimum atomic E-state index is -0.844. The number of alkyl halides is 1. The normalized spacial score (nSPS) is 18.2. The van der Waals surface area contributed by atoms with E-state index in [1.54, 1.807) is 0 Å². The van der Waals surface area contributed by atoms with Crippen molar-refractivity contribution in [3.05, 3.63) is 236 Å². The van der Waals surface area contributed by atoms with Gasteiger partial charge < -0.3 is 14.6 Å². The number of rotatable bonds is 5. The number of methoxy groups -OCH3 is 2. The van der Waals surface area contributed by atoms with Crippen LogP contribution in [0, 0.1) is 5.41 Å². The van der Waals surface area contributed by atoms with Crippen LogP contribution in [0.3, 0.4) is 0 Å². The van der Waals surface area contributed by atoms with Gasteiger partial charge in [0.15, 0.2) is 11.6 Å². The second-order valence-electron chi connectivity index (χ2n) is 17.6. The van der Waals surface area contributed by atoms with E-state index in [0.717, 1.165) is 94.2 Å². The standard InChI is InChI=1S/C21H18O3.2C18H14O.C3H5BrO2.Li/c1-24-19(22)13-21(12-15-7-3-5-9-17(15)20(21)23)18-11-10-14-6-2-4-8-16(14)18;2*19-18-15-8-4-2-6-13(15)11-17(18)16-10-9-12-5-1-3-7-14(12)16;1-6-3(5)2-4;/h2-9,11H,10,12-13H2,1H3;1-8H,9-11H2;1-8,10,19H,9,11H2;2H2,1H3;/q;;;;+1/p-1/b;17-16-;;;. The summed E-state index contributed by atoms with van der Waals surface area (Å²) in [5.41, 5.74) is 17.9. The molecule has 6 aromatic carbocycles. The Labute approximate surface area is 424 Å². The maximum Gasteiger partial charge on any atom is 1.00 e. The SMILES string of the molecule is COC(=O)CBr.COC(=O)CC1(C2=CCc3ccccc32)Cc2ccccc2C1=O.O=C1/C(=C2/CCc3ccccc32)Cc2ccccc21.[Li+].[O-]C1=C(C2=CCc3ccccc32)Cc2ccccc21. The molecule has 0 saturated heterocycles. The van der Waals surface area contributed by atoms with Gasteiger partial charge >= 0.3 is 30.8 Å². The summed E-state index contributed by atoms with van der Waals surface area (Å²) in [6.45, 7) is 0. The van der Waals surface area contributed by atoms with Crippen molar-refractivity contribution in [2.45, 2.75) is 51.4 Å². The molecule has 0 aromatic heterocycles. The zero-order valence-electron chi connectivity index (χ0n) is 39.1. The Morgan fingerprint density at radius 1 is 0.536 bits per heavy atom. The number of carbonyl (C=O) groups excluding carboxylic acids is 4. The molecule has 0 saturated carbocycles. The van der Waals surface area contributed by atoms with E-state index in [-0.39, 0.29) is 59.9 Å². The smallest absolute Gasteiger partial charge is 0.872 e. The Morgan fingerprint density at radius 2 is 1.03 bits per heavy atom. The van der Waals surface area contributed by atoms with E-state index < -0.39 is 5.41 Å². The van der Waals surface area contributed by atoms with Crippen LogP contribution in [0.5, 0.6) is 0 Å². The number of allylic oxidation sites excluding steroid dienone is 7. The quantitative estimate of drug-likeness (QED) is 0.0747. The fourth-order valence-electron chi connectivity index (χ4n) is 10.6. The van der Waals surface area contributed by atoms with Gasteiger partial charge in [0.25, 0.3) is 0 Å². The molecule has 0 aliphatic heterocycles. The van der Waals surface area contributed by atoms with Crippen molar-refractivity contribution in [2.24, 2.45) is 5.41 Å². The molecule has 0 N–H and O–H groups in total. The molecule has 6 aromatic rings. The van der Waals surface area contributed by atoms with Crippen molar-refractivity contribution >= 4 is 61.9 Å². The molecule has 0 fully saturated rings. The molecule has 12 rings (SSSR count). The molecular weight excluding hydrogens is 919 g/mol. The maximum atomic E-state index is 13.3. The van der Waals surface area contributed by atoms with E-state index >= 15 is 0 Å². The summed E-state index contributed by atoms with van der Waals surface area (Å²) in [6, 6.07) is 48.6. The number of carbonyl (C=O) groups is 4. The largest absolute Gasteiger partial charge is 1.00 e. The summed E-state index contributed by atoms with van der Waals surface area (Å²) < 4.78 is 9.13. The Hall–Kier alpha value is -6.56. The molecule has 0 radical (unpaired) electrons. The van der Waals surface area contributed by atoms with Crippen molar-refractivity contribution in [3.8, 4) is 0 Å². The van der Waals surface area contributed by atoms with Gasteiger partial charge in [-0.1, -0.05) is 179 Å². The summed E-state index contributed by atoms with van der Waals surface area (Å²) in [6.07, 6.45) is 10.3. The fraction of sp³-hybridized carbons (Fsp3) is 0.200. The average molecular weight is 970 g/mol. The monoisotopic (exact) mass is 968 g/mol. The van der Waals surface area contributed by atoms with Crippen LogP contribution in [0.25, 0.3) is 22.5 Å². The van der Waals surface area contributed by atoms with Crippen LogP contribution in [0.1, 0.15) is 89.2 Å². The van der Waals surface area contributed by atoms with Crippen molar-refractivity contribution in [2.75, 3.05) is 19.5 Å². The molecule has 340 valence electrons. The Balaban J connectivity index is 0.000000132. The molecule has 1 unspecified atom stereocenters. The third-order valence-electron chi connectivity index (χ3n) is 13.9. The van der Waals surface area contributed by atoms with Crippen molar-refractivity contribution in [1.29, 1.82) is 0 Å². The van der Waals surface area contributed by atoms with Gasteiger partial charge in [0.2, 0.25) is 0 Å². The number of ether oxygens (including phenoxy) is 2. The summed E-state index contributed by atoms with van der Waals surface area (Å²) in [4.78, 5) is 47.9. The summed E-state index contributed by atoms with van der Waals surface area (Å²) in [5.74, 6) is -0.108. The molecular formula is C60H50BrLiO7. The first-order chi connectivity index (χ1) is 33.1. The van der Waals surface area contributed by atoms with Crippen molar-refractivity contribution < 1.29 is 52.6 Å². The van der Waals surface area contributed by atoms with Crippen LogP contribution in [0.15, 0.2) is 169 Å². The topological polar surface area (TPSA) is 110 Å². The van der Waals surface area contributed by atoms with Gasteiger partial charge in [-0.2, -0.15) is 0 Å². The van der Waals surface area contributed by atoms with Gasteiger partial charge in [0.1, 0.15) is 5.33 Å². The molecule has 7 nitrogen and oxygen atoms in total. The van der Waals surface area contributed by atoms with Gasteiger partial charge in [0.05, 0.1) is 26.1 Å². The summed E-state index contributed by atoms with van der Waals surface area (Å²) in [7, 11) is 2.73. The van der Waals surface area contributed by atoms with Crippen LogP contribution in [-0.2, 0) is 57.6 Å². The molecule has 6 aliphatic carbocycles. The van der Waals surface area contributed by atoms with E-state index in [9.17, 15) is 24.3 Å². The summed E-state index contributed by atoms with van der Waals surface area (Å²) in [5, 5.41) is 12.8. The Morgan fingerprint density at radius 3 is 1.62 bits per heavy atom. The number of hydrogen-bond donors (Lipinski definition) is 0. The van der Waals surface area contributed by atoms with E-state index in [0.29, 0.717) is 6.42 Å². The van der Waals surface area contributed by atoms with Crippen molar-refractivity contribution in [3.63, 3.8) is 0 Å². The first-order valence-electron chi connectivity index (χ1n) is 23.0. The zero-order valence-corrected chi connectivity index (χ0v) is 40.7. The first-order valence-corrected chi connectivity index (χ1v) is 24.1. The van der Waals surface area contributed by atoms with E-state index in [4.69, 9.17) is 4.74 Å². The van der Waals surface area contributed by atoms with Crippen molar-refractivity contribution in [1.82, 2.24) is 0 Å². The second-order valence-corrected chi connectivity index (χ2v) is 18.1. The third-order valence-corrected chi connectivity index (χ3v) is 14.3. The molecule has 0 bridgehead atoms. The van der Waals surface area contributed by atoms with Gasteiger partial charge in [-0.05, 0) is 116 Å². The number of esters is 2. The van der Waals surface area contributed by atoms with Crippen LogP contribution in [0.4, 0.5) is 0 Å². The molecule has 1 atom stereocenters. The van der Waals surface area contributed by atoms with E-state index in [1.807, 2.05) is 84.9 Å². The first kappa shape index (κ1) is 48.9. The Bertz CT molecular complexity index is 3130. The molecule has 0 heterocycles. The second kappa shape index (κ2) is 21.4. The van der Waals surface area contributed by atoms with Crippen LogP contribution in [-0.4, -0.2) is 43.1 Å². The zero-order chi connectivity index (χ0) is 47.4. The molecule has 0 spiro atoms. The number of halogens is 1. The molecule has 0 amide bonds. The summed E-state index contributed by atoms with van der Waals surface area (Å²) >= 11 is 2.90. The average Bonchev–Trinajstić information content (AvgIpc) is 4.26. The number of benzene rings is 6. The van der Waals surface area contributed by atoms with Crippen LogP contribution >= 0.6 is 15.9 Å². The number of ketones is 2. The predicted molar refractivity (Wildman–Crippen MR) is 269 cm³/mol. The third kappa shape index (κ3) is 9.59. The Kier molecular flexibility index (Phi) is 15.1.